The Bertz CT molecular complexity index is 1150. The number of aliphatic imine (C=N–C) groups is 1. The summed E-state index contributed by atoms with van der Waals surface area (Å²) >= 11 is 0. The van der Waals surface area contributed by atoms with Crippen LogP contribution in [0.2, 0.25) is 0 Å². The van der Waals surface area contributed by atoms with Crippen LogP contribution < -0.4 is 5.56 Å². The maximum atomic E-state index is 14.4. The van der Waals surface area contributed by atoms with E-state index in [-0.39, 0.29) is 11.3 Å². The summed E-state index contributed by atoms with van der Waals surface area (Å²) in [7, 11) is 1.72. The molecule has 1 aliphatic heterocycles. The average Bonchev–Trinajstić information content (AvgIpc) is 3.36. The number of aromatic nitrogens is 2. The maximum Gasteiger partial charge on any atom is 0.270 e. The predicted octanol–water partition coefficient (Wildman–Crippen LogP) is 3.31. The highest BCUT2D eigenvalue weighted by atomic mass is 19.1. The smallest absolute Gasteiger partial charge is 0.270 e. The first kappa shape index (κ1) is 16.0. The highest BCUT2D eigenvalue weighted by Gasteiger charge is 2.45. The third kappa shape index (κ3) is 2.27. The summed E-state index contributed by atoms with van der Waals surface area (Å²) in [6.07, 6.45) is 2.48. The molecule has 5 rings (SSSR count). The van der Waals surface area contributed by atoms with Crippen LogP contribution in [0.4, 0.5) is 10.2 Å². The third-order valence-corrected chi connectivity index (χ3v) is 5.44. The van der Waals surface area contributed by atoms with Crippen molar-refractivity contribution in [1.82, 2.24) is 9.78 Å². The van der Waals surface area contributed by atoms with Crippen LogP contribution in [0, 0.1) is 11.7 Å². The van der Waals surface area contributed by atoms with Gasteiger partial charge in [0.2, 0.25) is 0 Å². The van der Waals surface area contributed by atoms with Crippen molar-refractivity contribution in [2.45, 2.75) is 18.8 Å². The van der Waals surface area contributed by atoms with Crippen LogP contribution in [0.15, 0.2) is 50.8 Å². The minimum atomic E-state index is -0.484. The summed E-state index contributed by atoms with van der Waals surface area (Å²) in [5, 5.41) is 2.73. The number of furan rings is 1. The SMILES string of the molecule is Cn1[nH]c(=O)c2c1N=C1CCC(=O)C1C2c1ccc(F)c(-c2ccco2)c1. The molecule has 0 saturated heterocycles. The van der Waals surface area contributed by atoms with Crippen LogP contribution >= 0.6 is 0 Å². The van der Waals surface area contributed by atoms with Gasteiger partial charge < -0.3 is 4.42 Å². The number of rotatable bonds is 2. The van der Waals surface area contributed by atoms with Gasteiger partial charge in [-0.3, -0.25) is 19.4 Å². The largest absolute Gasteiger partial charge is 0.464 e. The van der Waals surface area contributed by atoms with Gasteiger partial charge in [-0.05, 0) is 36.2 Å². The predicted molar refractivity (Wildman–Crippen MR) is 96.8 cm³/mol. The van der Waals surface area contributed by atoms with Crippen LogP contribution in [-0.4, -0.2) is 21.3 Å². The van der Waals surface area contributed by atoms with Crippen LogP contribution in [0.1, 0.15) is 29.9 Å². The van der Waals surface area contributed by atoms with E-state index >= 15 is 0 Å². The van der Waals surface area contributed by atoms with Crippen molar-refractivity contribution in [2.24, 2.45) is 18.0 Å². The molecule has 2 aliphatic rings. The van der Waals surface area contributed by atoms with E-state index in [1.807, 2.05) is 0 Å². The van der Waals surface area contributed by atoms with Gasteiger partial charge in [-0.25, -0.2) is 9.38 Å². The summed E-state index contributed by atoms with van der Waals surface area (Å²) in [5.74, 6) is -0.374. The summed E-state index contributed by atoms with van der Waals surface area (Å²) < 4.78 is 21.3. The topological polar surface area (TPSA) is 80.4 Å². The van der Waals surface area contributed by atoms with Crippen LogP contribution in [0.3, 0.4) is 0 Å². The number of carbonyl (C=O) groups is 1. The Kier molecular flexibility index (Phi) is 3.34. The Morgan fingerprint density at radius 2 is 2.07 bits per heavy atom. The number of Topliss-reactive ketones (excluding diaryl/α,β-unsaturated/α-hetero) is 1. The van der Waals surface area contributed by atoms with Gasteiger partial charge in [-0.2, -0.15) is 0 Å². The zero-order valence-electron chi connectivity index (χ0n) is 14.5. The molecular formula is C20H16FN3O3. The number of fused-ring (bicyclic) bond motifs is 2. The van der Waals surface area contributed by atoms with Gasteiger partial charge in [0.05, 0.1) is 23.3 Å². The van der Waals surface area contributed by atoms with E-state index < -0.39 is 17.7 Å². The lowest BCUT2D eigenvalue weighted by molar-refractivity contribution is -0.120. The Morgan fingerprint density at radius 3 is 2.85 bits per heavy atom. The highest BCUT2D eigenvalue weighted by molar-refractivity contribution is 6.14. The maximum absolute atomic E-state index is 14.4. The first-order valence-electron chi connectivity index (χ1n) is 8.77. The Hall–Kier alpha value is -3.22. The lowest BCUT2D eigenvalue weighted by Crippen LogP contribution is -2.30. The van der Waals surface area contributed by atoms with Gasteiger partial charge >= 0.3 is 0 Å². The second kappa shape index (κ2) is 5.64. The van der Waals surface area contributed by atoms with Gasteiger partial charge in [0, 0.05) is 25.1 Å². The van der Waals surface area contributed by atoms with E-state index in [9.17, 15) is 14.0 Å². The molecule has 6 nitrogen and oxygen atoms in total. The lowest BCUT2D eigenvalue weighted by Gasteiger charge is -2.27. The Balaban J connectivity index is 1.74. The highest BCUT2D eigenvalue weighted by Crippen LogP contribution is 2.45. The van der Waals surface area contributed by atoms with Crippen LogP contribution in [-0.2, 0) is 11.8 Å². The molecule has 0 radical (unpaired) electrons. The number of halogens is 1. The van der Waals surface area contributed by atoms with E-state index in [1.54, 1.807) is 36.0 Å². The summed E-state index contributed by atoms with van der Waals surface area (Å²) in [4.78, 5) is 29.8. The number of carbonyl (C=O) groups excluding carboxylic acids is 1. The number of nitrogens with zero attached hydrogens (tertiary/aromatic N) is 2. The molecular weight excluding hydrogens is 349 g/mol. The molecule has 1 N–H and O–H groups in total. The zero-order valence-corrected chi connectivity index (χ0v) is 14.5. The quantitative estimate of drug-likeness (QED) is 0.757. The fraction of sp³-hybridized carbons (Fsp3) is 0.250. The van der Waals surface area contributed by atoms with Crippen molar-refractivity contribution in [1.29, 1.82) is 0 Å². The molecule has 3 heterocycles. The van der Waals surface area contributed by atoms with Gasteiger partial charge in [-0.1, -0.05) is 6.07 Å². The second-order valence-corrected chi connectivity index (χ2v) is 6.98. The minimum absolute atomic E-state index is 0.0662. The van der Waals surface area contributed by atoms with E-state index in [4.69, 9.17) is 4.42 Å². The first-order valence-corrected chi connectivity index (χ1v) is 8.77. The molecule has 2 atom stereocenters. The minimum Gasteiger partial charge on any atom is -0.464 e. The van der Waals surface area contributed by atoms with Crippen molar-refractivity contribution in [3.8, 4) is 11.3 Å². The standard InChI is InChI=1S/C20H16FN3O3/c1-24-19-18(20(26)23-24)16(17-13(22-19)6-7-14(17)25)10-4-5-12(21)11(9-10)15-3-2-8-27-15/h2-5,8-9,16-17H,6-7H2,1H3,(H,23,26). The van der Waals surface area contributed by atoms with E-state index in [0.717, 1.165) is 5.71 Å². The average molecular weight is 365 g/mol. The van der Waals surface area contributed by atoms with E-state index in [1.165, 1.54) is 12.3 Å². The summed E-state index contributed by atoms with van der Waals surface area (Å²) in [6, 6.07) is 8.03. The van der Waals surface area contributed by atoms with Gasteiger partial charge in [0.15, 0.2) is 5.82 Å². The van der Waals surface area contributed by atoms with Crippen molar-refractivity contribution < 1.29 is 13.6 Å². The first-order chi connectivity index (χ1) is 13.0. The lowest BCUT2D eigenvalue weighted by atomic mass is 9.77. The Labute approximate surface area is 153 Å². The van der Waals surface area contributed by atoms with E-state index in [0.29, 0.717) is 41.1 Å². The fourth-order valence-electron chi connectivity index (χ4n) is 4.23. The number of H-pyrrole nitrogens is 1. The number of hydrogen-bond donors (Lipinski definition) is 1. The molecule has 27 heavy (non-hydrogen) atoms. The molecule has 1 aliphatic carbocycles. The molecule has 2 unspecified atom stereocenters. The molecule has 1 aromatic carbocycles. The van der Waals surface area contributed by atoms with Gasteiger partial charge in [-0.15, -0.1) is 0 Å². The van der Waals surface area contributed by atoms with Crippen molar-refractivity contribution in [2.75, 3.05) is 0 Å². The van der Waals surface area contributed by atoms with Gasteiger partial charge in [0.25, 0.3) is 5.56 Å². The molecule has 0 bridgehead atoms. The normalized spacial score (nSPS) is 21.1. The fourth-order valence-corrected chi connectivity index (χ4v) is 4.23. The van der Waals surface area contributed by atoms with Crippen LogP contribution in [0.5, 0.6) is 0 Å². The number of aromatic amines is 1. The number of ketones is 1. The number of aryl methyl sites for hydroxylation is 1. The van der Waals surface area contributed by atoms with Crippen molar-refractivity contribution in [3.05, 3.63) is 63.9 Å². The number of hydrogen-bond acceptors (Lipinski definition) is 4. The second-order valence-electron chi connectivity index (χ2n) is 6.98. The number of nitrogens with one attached hydrogen (secondary N) is 1. The number of benzene rings is 1. The molecule has 2 aromatic heterocycles. The zero-order chi connectivity index (χ0) is 18.7. The summed E-state index contributed by atoms with van der Waals surface area (Å²) in [6.45, 7) is 0. The molecule has 1 fully saturated rings. The molecule has 0 spiro atoms. The van der Waals surface area contributed by atoms with E-state index in [2.05, 4.69) is 10.1 Å². The molecule has 3 aromatic rings. The Morgan fingerprint density at radius 1 is 1.22 bits per heavy atom. The van der Waals surface area contributed by atoms with Gasteiger partial charge in [0.1, 0.15) is 17.4 Å². The molecule has 0 amide bonds. The molecule has 7 heteroatoms. The molecule has 1 saturated carbocycles. The third-order valence-electron chi connectivity index (χ3n) is 5.44. The summed E-state index contributed by atoms with van der Waals surface area (Å²) in [5.41, 5.74) is 1.98. The molecule has 136 valence electrons. The van der Waals surface area contributed by atoms with Crippen molar-refractivity contribution in [3.63, 3.8) is 0 Å². The van der Waals surface area contributed by atoms with Crippen molar-refractivity contribution >= 4 is 17.3 Å². The monoisotopic (exact) mass is 365 g/mol. The van der Waals surface area contributed by atoms with Crippen LogP contribution in [0.25, 0.3) is 11.3 Å².